The largest absolute Gasteiger partial charge is 0.478 e. The zero-order valence-corrected chi connectivity index (χ0v) is 9.36. The second-order valence-corrected chi connectivity index (χ2v) is 3.06. The van der Waals surface area contributed by atoms with Gasteiger partial charge in [0.05, 0.1) is 0 Å². The van der Waals surface area contributed by atoms with Crippen molar-refractivity contribution in [3.63, 3.8) is 0 Å². The number of allylic oxidation sites excluding steroid dienone is 2. The van der Waals surface area contributed by atoms with E-state index in [4.69, 9.17) is 5.11 Å². The van der Waals surface area contributed by atoms with E-state index >= 15 is 0 Å². The highest BCUT2D eigenvalue weighted by Gasteiger charge is 1.85. The van der Waals surface area contributed by atoms with Crippen molar-refractivity contribution in [1.82, 2.24) is 4.90 Å². The molecule has 0 aromatic heterocycles. The Morgan fingerprint density at radius 1 is 1.50 bits per heavy atom. The molecule has 14 heavy (non-hydrogen) atoms. The van der Waals surface area contributed by atoms with Gasteiger partial charge in [-0.05, 0) is 40.4 Å². The Kier molecular flexibility index (Phi) is 13.1. The highest BCUT2D eigenvalue weighted by atomic mass is 16.4. The van der Waals surface area contributed by atoms with E-state index in [1.54, 1.807) is 0 Å². The van der Waals surface area contributed by atoms with Gasteiger partial charge in [-0.3, -0.25) is 0 Å². The fraction of sp³-hybridized carbons (Fsp3) is 0.545. The third kappa shape index (κ3) is 22.4. The van der Waals surface area contributed by atoms with Crippen molar-refractivity contribution in [1.29, 1.82) is 0 Å². The summed E-state index contributed by atoms with van der Waals surface area (Å²) in [6.07, 6.45) is 7.64. The molecule has 0 unspecified atom stereocenters. The van der Waals surface area contributed by atoms with Crippen LogP contribution in [0.4, 0.5) is 0 Å². The lowest BCUT2D eigenvalue weighted by Gasteiger charge is -2.06. The molecule has 1 N–H and O–H groups in total. The Hall–Kier alpha value is -1.09. The summed E-state index contributed by atoms with van der Waals surface area (Å²) >= 11 is 0. The van der Waals surface area contributed by atoms with Crippen LogP contribution in [0.3, 0.4) is 0 Å². The van der Waals surface area contributed by atoms with Crippen LogP contribution in [0.25, 0.3) is 0 Å². The minimum atomic E-state index is -0.981. The standard InChI is InChI=1S/C8H17N.C3H4O2/c1-4-5-6-7-8-9(2)3;1-2-3(4)5/h4-5H,6-8H2,1-3H3;2H,1H2,(H,4,5). The average Bonchev–Trinajstić information content (AvgIpc) is 2.13. The monoisotopic (exact) mass is 199 g/mol. The molecule has 0 amide bonds. The van der Waals surface area contributed by atoms with Gasteiger partial charge < -0.3 is 10.0 Å². The van der Waals surface area contributed by atoms with Gasteiger partial charge in [0, 0.05) is 6.08 Å². The highest BCUT2D eigenvalue weighted by Crippen LogP contribution is 1.91. The van der Waals surface area contributed by atoms with Crippen molar-refractivity contribution in [2.45, 2.75) is 19.8 Å². The molecule has 3 nitrogen and oxygen atoms in total. The van der Waals surface area contributed by atoms with Gasteiger partial charge in [-0.1, -0.05) is 18.7 Å². The summed E-state index contributed by atoms with van der Waals surface area (Å²) in [6.45, 7) is 6.22. The van der Waals surface area contributed by atoms with Crippen molar-refractivity contribution in [3.05, 3.63) is 24.8 Å². The van der Waals surface area contributed by atoms with E-state index in [-0.39, 0.29) is 0 Å². The van der Waals surface area contributed by atoms with E-state index in [0.717, 1.165) is 6.08 Å². The van der Waals surface area contributed by atoms with Crippen LogP contribution in [-0.4, -0.2) is 36.6 Å². The summed E-state index contributed by atoms with van der Waals surface area (Å²) in [5, 5.41) is 7.60. The zero-order chi connectivity index (χ0) is 11.4. The van der Waals surface area contributed by atoms with Crippen LogP contribution in [0.2, 0.25) is 0 Å². The summed E-state index contributed by atoms with van der Waals surface area (Å²) in [4.78, 5) is 11.5. The van der Waals surface area contributed by atoms with Gasteiger partial charge >= 0.3 is 5.97 Å². The van der Waals surface area contributed by atoms with Gasteiger partial charge in [0.2, 0.25) is 0 Å². The molecule has 0 aliphatic rings. The SMILES string of the molecule is C=CC(=O)O.CC=CCCCN(C)C. The molecule has 82 valence electrons. The summed E-state index contributed by atoms with van der Waals surface area (Å²) in [6, 6.07) is 0. The molecule has 0 aliphatic heterocycles. The lowest BCUT2D eigenvalue weighted by atomic mass is 10.3. The van der Waals surface area contributed by atoms with Gasteiger partial charge in [0.15, 0.2) is 0 Å². The first-order valence-electron chi connectivity index (χ1n) is 4.65. The van der Waals surface area contributed by atoms with Crippen molar-refractivity contribution >= 4 is 5.97 Å². The first-order valence-corrected chi connectivity index (χ1v) is 4.65. The lowest BCUT2D eigenvalue weighted by Crippen LogP contribution is -2.12. The number of rotatable bonds is 5. The Bertz CT molecular complexity index is 174. The lowest BCUT2D eigenvalue weighted by molar-refractivity contribution is -0.131. The Balaban J connectivity index is 0. The molecule has 0 radical (unpaired) electrons. The molecule has 0 aromatic carbocycles. The molecule has 0 heterocycles. The third-order valence-corrected chi connectivity index (χ3v) is 1.39. The highest BCUT2D eigenvalue weighted by molar-refractivity contribution is 5.78. The number of carboxylic acids is 1. The normalized spacial score (nSPS) is 9.71. The number of nitrogens with zero attached hydrogens (tertiary/aromatic N) is 1. The van der Waals surface area contributed by atoms with Crippen molar-refractivity contribution in [2.24, 2.45) is 0 Å². The quantitative estimate of drug-likeness (QED) is 0.419. The number of carbonyl (C=O) groups is 1. The van der Waals surface area contributed by atoms with E-state index < -0.39 is 5.97 Å². The number of hydrogen-bond acceptors (Lipinski definition) is 2. The first kappa shape index (κ1) is 15.4. The van der Waals surface area contributed by atoms with E-state index in [1.165, 1.54) is 19.4 Å². The van der Waals surface area contributed by atoms with Crippen LogP contribution >= 0.6 is 0 Å². The summed E-state index contributed by atoms with van der Waals surface area (Å²) in [5.74, 6) is -0.981. The number of carboxylic acid groups (broad SMARTS) is 1. The zero-order valence-electron chi connectivity index (χ0n) is 9.36. The Labute approximate surface area is 86.7 Å². The van der Waals surface area contributed by atoms with E-state index in [9.17, 15) is 4.79 Å². The van der Waals surface area contributed by atoms with Crippen molar-refractivity contribution in [2.75, 3.05) is 20.6 Å². The molecule has 0 spiro atoms. The van der Waals surface area contributed by atoms with Crippen LogP contribution in [-0.2, 0) is 4.79 Å². The summed E-state index contributed by atoms with van der Waals surface area (Å²) in [5.41, 5.74) is 0. The fourth-order valence-electron chi connectivity index (χ4n) is 0.692. The van der Waals surface area contributed by atoms with E-state index in [1.807, 2.05) is 0 Å². The van der Waals surface area contributed by atoms with E-state index in [2.05, 4.69) is 44.6 Å². The Morgan fingerprint density at radius 2 is 2.00 bits per heavy atom. The van der Waals surface area contributed by atoms with Crippen LogP contribution in [0, 0.1) is 0 Å². The number of unbranched alkanes of at least 4 members (excludes halogenated alkanes) is 1. The molecule has 3 heteroatoms. The first-order chi connectivity index (χ1) is 6.54. The molecule has 0 saturated heterocycles. The molecule has 0 aromatic rings. The molecule has 0 saturated carbocycles. The maximum atomic E-state index is 9.25. The smallest absolute Gasteiger partial charge is 0.327 e. The van der Waals surface area contributed by atoms with Crippen LogP contribution in [0.15, 0.2) is 24.8 Å². The van der Waals surface area contributed by atoms with Gasteiger partial charge in [0.25, 0.3) is 0 Å². The van der Waals surface area contributed by atoms with Crippen LogP contribution in [0.1, 0.15) is 19.8 Å². The molecule has 0 atom stereocenters. The number of aliphatic carboxylic acids is 1. The van der Waals surface area contributed by atoms with E-state index in [0.29, 0.717) is 0 Å². The predicted molar refractivity (Wildman–Crippen MR) is 60.4 cm³/mol. The van der Waals surface area contributed by atoms with Gasteiger partial charge in [-0.25, -0.2) is 4.79 Å². The maximum Gasteiger partial charge on any atom is 0.327 e. The predicted octanol–water partition coefficient (Wildman–Crippen LogP) is 2.16. The molecule has 0 bridgehead atoms. The fourth-order valence-corrected chi connectivity index (χ4v) is 0.692. The van der Waals surface area contributed by atoms with Gasteiger partial charge in [0.1, 0.15) is 0 Å². The summed E-state index contributed by atoms with van der Waals surface area (Å²) in [7, 11) is 4.21. The molecule has 0 fully saturated rings. The van der Waals surface area contributed by atoms with Crippen LogP contribution < -0.4 is 0 Å². The molecular formula is C11H21NO2. The van der Waals surface area contributed by atoms with Crippen molar-refractivity contribution in [3.8, 4) is 0 Å². The molecule has 0 rings (SSSR count). The number of hydrogen-bond donors (Lipinski definition) is 1. The summed E-state index contributed by atoms with van der Waals surface area (Å²) < 4.78 is 0. The molecular weight excluding hydrogens is 178 g/mol. The maximum absolute atomic E-state index is 9.25. The van der Waals surface area contributed by atoms with Gasteiger partial charge in [-0.15, -0.1) is 0 Å². The second kappa shape index (κ2) is 11.9. The minimum absolute atomic E-state index is 0.833. The van der Waals surface area contributed by atoms with Crippen LogP contribution in [0.5, 0.6) is 0 Å². The van der Waals surface area contributed by atoms with Crippen molar-refractivity contribution < 1.29 is 9.90 Å². The Morgan fingerprint density at radius 3 is 2.29 bits per heavy atom. The average molecular weight is 199 g/mol. The second-order valence-electron chi connectivity index (χ2n) is 3.06. The molecule has 0 aliphatic carbocycles. The third-order valence-electron chi connectivity index (χ3n) is 1.39. The topological polar surface area (TPSA) is 40.5 Å². The van der Waals surface area contributed by atoms with Gasteiger partial charge in [-0.2, -0.15) is 0 Å². The minimum Gasteiger partial charge on any atom is -0.478 e.